The first-order valence-corrected chi connectivity index (χ1v) is 5.83. The molecule has 6 nitrogen and oxygen atoms in total. The molecule has 1 aromatic rings. The Hall–Kier alpha value is -2.56. The van der Waals surface area contributed by atoms with Gasteiger partial charge < -0.3 is 15.4 Å². The van der Waals surface area contributed by atoms with E-state index in [1.807, 2.05) is 30.3 Å². The van der Waals surface area contributed by atoms with Crippen molar-refractivity contribution in [2.75, 3.05) is 7.11 Å². The Morgan fingerprint density at radius 3 is 2.60 bits per heavy atom. The van der Waals surface area contributed by atoms with E-state index in [-0.39, 0.29) is 6.42 Å². The normalized spacial score (nSPS) is 11.7. The molecule has 1 atom stereocenters. The molecule has 0 aliphatic heterocycles. The summed E-state index contributed by atoms with van der Waals surface area (Å²) in [6, 6.07) is 9.20. The number of hydrogen-bond acceptors (Lipinski definition) is 4. The number of carbonyl (C=O) groups excluding carboxylic acids is 2. The van der Waals surface area contributed by atoms with Crippen LogP contribution in [0.25, 0.3) is 11.6 Å². The molecule has 0 bridgehead atoms. The summed E-state index contributed by atoms with van der Waals surface area (Å²) in [7, 11) is 1.06. The van der Waals surface area contributed by atoms with Crippen molar-refractivity contribution in [3.05, 3.63) is 47.5 Å². The van der Waals surface area contributed by atoms with Gasteiger partial charge in [0.05, 0.1) is 13.2 Å². The lowest BCUT2D eigenvalue weighted by atomic mass is 10.1. The highest BCUT2D eigenvalue weighted by atomic mass is 16.5. The zero-order chi connectivity index (χ0) is 15.0. The molecule has 0 saturated carbocycles. The fraction of sp³-hybridized carbons (Fsp3) is 0.214. The number of hydrogen-bond donors (Lipinski definition) is 1. The van der Waals surface area contributed by atoms with Crippen LogP contribution in [0, 0.1) is 0 Å². The van der Waals surface area contributed by atoms with Crippen molar-refractivity contribution in [1.29, 1.82) is 0 Å². The molecule has 0 amide bonds. The van der Waals surface area contributed by atoms with Gasteiger partial charge in [-0.25, -0.2) is 4.79 Å². The summed E-state index contributed by atoms with van der Waals surface area (Å²) in [6.45, 7) is 0. The van der Waals surface area contributed by atoms with E-state index >= 15 is 0 Å². The minimum absolute atomic E-state index is 0.377. The molecule has 0 aliphatic carbocycles. The van der Waals surface area contributed by atoms with Gasteiger partial charge in [-0.2, -0.15) is 4.79 Å². The highest BCUT2D eigenvalue weighted by Gasteiger charge is 2.31. The smallest absolute Gasteiger partial charge is 0.441 e. The molecular formula is C14H14N2O4. The minimum Gasteiger partial charge on any atom is -0.460 e. The zero-order valence-corrected chi connectivity index (χ0v) is 10.9. The number of esters is 1. The van der Waals surface area contributed by atoms with Gasteiger partial charge in [-0.1, -0.05) is 42.5 Å². The van der Waals surface area contributed by atoms with Crippen LogP contribution in [0.15, 0.2) is 36.4 Å². The number of methoxy groups -OCH3 is 1. The number of ether oxygens (including phenoxy) is 1. The summed E-state index contributed by atoms with van der Waals surface area (Å²) in [5.74, 6) is -1.85. The van der Waals surface area contributed by atoms with E-state index in [0.717, 1.165) is 12.7 Å². The zero-order valence-electron chi connectivity index (χ0n) is 10.9. The van der Waals surface area contributed by atoms with Gasteiger partial charge in [0.25, 0.3) is 5.78 Å². The maximum atomic E-state index is 11.6. The largest absolute Gasteiger partial charge is 0.460 e. The van der Waals surface area contributed by atoms with Crippen molar-refractivity contribution in [3.63, 3.8) is 0 Å². The topological polar surface area (TPSA) is 100 Å². The lowest BCUT2D eigenvalue weighted by molar-refractivity contribution is -0.139. The maximum absolute atomic E-state index is 11.6. The maximum Gasteiger partial charge on any atom is 0.441 e. The molecule has 1 N–H and O–H groups in total. The second kappa shape index (κ2) is 7.78. The van der Waals surface area contributed by atoms with Crippen LogP contribution in [-0.2, 0) is 14.3 Å². The minimum atomic E-state index is -1.09. The van der Waals surface area contributed by atoms with Crippen molar-refractivity contribution < 1.29 is 24.2 Å². The van der Waals surface area contributed by atoms with E-state index in [1.54, 1.807) is 6.08 Å². The molecular weight excluding hydrogens is 260 g/mol. The van der Waals surface area contributed by atoms with Crippen LogP contribution in [0.2, 0.25) is 0 Å². The Bertz CT molecular complexity index is 560. The molecule has 0 fully saturated rings. The SMILES string of the molecule is COC(=O)C(=[N+]=[N-])C(=O)C[C@H](O)/C=C/c1ccccc1. The van der Waals surface area contributed by atoms with Crippen molar-refractivity contribution in [2.24, 2.45) is 0 Å². The Kier molecular flexibility index (Phi) is 6.03. The average molecular weight is 274 g/mol. The van der Waals surface area contributed by atoms with Crippen LogP contribution in [-0.4, -0.2) is 40.6 Å². The first-order valence-electron chi connectivity index (χ1n) is 5.83. The van der Waals surface area contributed by atoms with Gasteiger partial charge in [-0.3, -0.25) is 4.79 Å². The second-order valence-corrected chi connectivity index (χ2v) is 3.90. The predicted molar refractivity (Wildman–Crippen MR) is 71.7 cm³/mol. The van der Waals surface area contributed by atoms with Crippen molar-refractivity contribution in [3.8, 4) is 0 Å². The number of aliphatic hydroxyl groups excluding tert-OH is 1. The number of aliphatic hydroxyl groups is 1. The van der Waals surface area contributed by atoms with E-state index < -0.39 is 23.6 Å². The number of Topliss-reactive ketones (excluding diaryl/α,β-unsaturated/α-hetero) is 1. The summed E-state index contributed by atoms with van der Waals surface area (Å²) in [5.41, 5.74) is 8.71. The van der Waals surface area contributed by atoms with E-state index in [2.05, 4.69) is 9.53 Å². The average Bonchev–Trinajstić information content (AvgIpc) is 2.46. The molecule has 0 heterocycles. The van der Waals surface area contributed by atoms with Gasteiger partial charge >= 0.3 is 11.7 Å². The van der Waals surface area contributed by atoms with E-state index in [4.69, 9.17) is 5.53 Å². The first-order chi connectivity index (χ1) is 9.58. The third kappa shape index (κ3) is 4.61. The Balaban J connectivity index is 2.64. The molecule has 0 aliphatic rings. The van der Waals surface area contributed by atoms with Crippen LogP contribution >= 0.6 is 0 Å². The quantitative estimate of drug-likeness (QED) is 0.273. The van der Waals surface area contributed by atoms with E-state index in [1.165, 1.54) is 6.08 Å². The monoisotopic (exact) mass is 274 g/mol. The summed E-state index contributed by atoms with van der Waals surface area (Å²) < 4.78 is 4.29. The van der Waals surface area contributed by atoms with Gasteiger partial charge in [0.15, 0.2) is 0 Å². The van der Waals surface area contributed by atoms with Gasteiger partial charge in [0.1, 0.15) is 0 Å². The molecule has 1 rings (SSSR count). The summed E-state index contributed by atoms with van der Waals surface area (Å²) in [6.07, 6.45) is 1.59. The number of ketones is 1. The molecule has 104 valence electrons. The molecule has 20 heavy (non-hydrogen) atoms. The van der Waals surface area contributed by atoms with Crippen LogP contribution in [0.3, 0.4) is 0 Å². The summed E-state index contributed by atoms with van der Waals surface area (Å²) in [5, 5.41) is 9.68. The molecule has 0 saturated heterocycles. The molecule has 6 heteroatoms. The lowest BCUT2D eigenvalue weighted by Crippen LogP contribution is -2.29. The first kappa shape index (κ1) is 15.5. The Morgan fingerprint density at radius 2 is 2.05 bits per heavy atom. The van der Waals surface area contributed by atoms with Gasteiger partial charge in [0, 0.05) is 6.42 Å². The second-order valence-electron chi connectivity index (χ2n) is 3.90. The molecule has 1 aromatic carbocycles. The standard InChI is InChI=1S/C14H14N2O4/c1-20-14(19)13(16-15)12(18)9-11(17)8-7-10-5-3-2-4-6-10/h2-8,11,17H,9H2,1H3/b8-7+/t11-/m1/s1. The highest BCUT2D eigenvalue weighted by molar-refractivity contribution is 6.62. The van der Waals surface area contributed by atoms with Gasteiger partial charge in [0.2, 0.25) is 0 Å². The van der Waals surface area contributed by atoms with E-state index in [0.29, 0.717) is 0 Å². The number of nitrogens with zero attached hydrogens (tertiary/aromatic N) is 2. The Labute approximate surface area is 115 Å². The lowest BCUT2D eigenvalue weighted by Gasteiger charge is -2.01. The van der Waals surface area contributed by atoms with Crippen LogP contribution < -0.4 is 0 Å². The van der Waals surface area contributed by atoms with Crippen LogP contribution in [0.1, 0.15) is 12.0 Å². The number of rotatable bonds is 6. The fourth-order valence-electron chi connectivity index (χ4n) is 1.45. The molecule has 0 radical (unpaired) electrons. The number of benzene rings is 1. The van der Waals surface area contributed by atoms with Gasteiger partial charge in [-0.05, 0) is 5.56 Å². The van der Waals surface area contributed by atoms with E-state index in [9.17, 15) is 14.7 Å². The van der Waals surface area contributed by atoms with Crippen molar-refractivity contribution in [2.45, 2.75) is 12.5 Å². The highest BCUT2D eigenvalue weighted by Crippen LogP contribution is 2.04. The predicted octanol–water partition coefficient (Wildman–Crippen LogP) is 0.864. The summed E-state index contributed by atoms with van der Waals surface area (Å²) >= 11 is 0. The third-order valence-electron chi connectivity index (χ3n) is 2.45. The Morgan fingerprint density at radius 1 is 1.40 bits per heavy atom. The third-order valence-corrected chi connectivity index (χ3v) is 2.45. The van der Waals surface area contributed by atoms with Crippen molar-refractivity contribution >= 4 is 23.5 Å². The molecule has 0 aromatic heterocycles. The van der Waals surface area contributed by atoms with Gasteiger partial charge in [-0.15, -0.1) is 0 Å². The molecule has 0 unspecified atom stereocenters. The molecule has 0 spiro atoms. The van der Waals surface area contributed by atoms with Crippen molar-refractivity contribution in [1.82, 2.24) is 0 Å². The fourth-order valence-corrected chi connectivity index (χ4v) is 1.45. The number of carbonyl (C=O) groups is 2. The summed E-state index contributed by atoms with van der Waals surface area (Å²) in [4.78, 5) is 25.3. The van der Waals surface area contributed by atoms with Crippen LogP contribution in [0.5, 0.6) is 0 Å². The van der Waals surface area contributed by atoms with Crippen LogP contribution in [0.4, 0.5) is 0 Å².